The lowest BCUT2D eigenvalue weighted by Gasteiger charge is -2.16. The number of nitrogens with zero attached hydrogens (tertiary/aromatic N) is 4. The van der Waals surface area contributed by atoms with Gasteiger partial charge in [0.15, 0.2) is 17.5 Å². The molecular formula is C14H15F2N5. The predicted octanol–water partition coefficient (Wildman–Crippen LogP) is 2.46. The van der Waals surface area contributed by atoms with E-state index in [9.17, 15) is 8.78 Å². The molecule has 110 valence electrons. The molecule has 0 atom stereocenters. The number of aromatic nitrogens is 3. The summed E-state index contributed by atoms with van der Waals surface area (Å²) in [6.07, 6.45) is 2.20. The largest absolute Gasteiger partial charge is 0.357 e. The van der Waals surface area contributed by atoms with Crippen molar-refractivity contribution in [1.29, 1.82) is 0 Å². The van der Waals surface area contributed by atoms with Gasteiger partial charge in [-0.3, -0.25) is 0 Å². The molecular weight excluding hydrogens is 276 g/mol. The van der Waals surface area contributed by atoms with Crippen LogP contribution in [0.2, 0.25) is 0 Å². The summed E-state index contributed by atoms with van der Waals surface area (Å²) in [4.78, 5) is 15.0. The molecule has 3 rings (SSSR count). The average Bonchev–Trinajstić information content (AvgIpc) is 3.04. The minimum Gasteiger partial charge on any atom is -0.357 e. The van der Waals surface area contributed by atoms with Gasteiger partial charge < -0.3 is 10.2 Å². The van der Waals surface area contributed by atoms with Crippen LogP contribution in [0.25, 0.3) is 11.4 Å². The van der Waals surface area contributed by atoms with Crippen LogP contribution in [-0.4, -0.2) is 35.1 Å². The highest BCUT2D eigenvalue weighted by molar-refractivity contribution is 5.58. The van der Waals surface area contributed by atoms with Gasteiger partial charge in [0.05, 0.1) is 0 Å². The van der Waals surface area contributed by atoms with Crippen LogP contribution in [0.4, 0.5) is 20.7 Å². The fraction of sp³-hybridized carbons (Fsp3) is 0.357. The highest BCUT2D eigenvalue weighted by Gasteiger charge is 2.18. The molecule has 2 heterocycles. The smallest absolute Gasteiger partial charge is 0.230 e. The van der Waals surface area contributed by atoms with Gasteiger partial charge in [0.25, 0.3) is 0 Å². The number of benzene rings is 1. The first kappa shape index (κ1) is 13.7. The molecule has 0 amide bonds. The monoisotopic (exact) mass is 291 g/mol. The van der Waals surface area contributed by atoms with Crippen molar-refractivity contribution in [1.82, 2.24) is 15.0 Å². The van der Waals surface area contributed by atoms with Crippen molar-refractivity contribution in [3.63, 3.8) is 0 Å². The highest BCUT2D eigenvalue weighted by atomic mass is 19.2. The van der Waals surface area contributed by atoms with Gasteiger partial charge in [0, 0.05) is 25.7 Å². The second kappa shape index (κ2) is 5.59. The number of halogens is 2. The summed E-state index contributed by atoms with van der Waals surface area (Å²) >= 11 is 0. The summed E-state index contributed by atoms with van der Waals surface area (Å²) in [5.74, 6) is -0.503. The summed E-state index contributed by atoms with van der Waals surface area (Å²) in [6.45, 7) is 1.79. The number of nitrogens with one attached hydrogen (secondary N) is 1. The lowest BCUT2D eigenvalue weighted by molar-refractivity contribution is 0.509. The fourth-order valence-electron chi connectivity index (χ4n) is 2.30. The van der Waals surface area contributed by atoms with Crippen molar-refractivity contribution >= 4 is 11.9 Å². The third kappa shape index (κ3) is 2.76. The molecule has 0 spiro atoms. The number of rotatable bonds is 3. The van der Waals surface area contributed by atoms with E-state index in [1.165, 1.54) is 6.07 Å². The molecule has 1 aliphatic rings. The summed E-state index contributed by atoms with van der Waals surface area (Å²) in [6, 6.07) is 3.63. The van der Waals surface area contributed by atoms with Gasteiger partial charge in [-0.15, -0.1) is 0 Å². The molecule has 2 aromatic rings. The summed E-state index contributed by atoms with van der Waals surface area (Å²) < 4.78 is 26.4. The normalized spacial score (nSPS) is 14.5. The summed E-state index contributed by atoms with van der Waals surface area (Å²) in [5.41, 5.74) is 0.424. The molecule has 0 unspecified atom stereocenters. The van der Waals surface area contributed by atoms with Crippen LogP contribution < -0.4 is 10.2 Å². The zero-order valence-corrected chi connectivity index (χ0v) is 11.6. The van der Waals surface area contributed by atoms with Crippen LogP contribution in [0.3, 0.4) is 0 Å². The Morgan fingerprint density at radius 2 is 1.81 bits per heavy atom. The van der Waals surface area contributed by atoms with Gasteiger partial charge in [-0.2, -0.15) is 15.0 Å². The van der Waals surface area contributed by atoms with Gasteiger partial charge >= 0.3 is 0 Å². The fourth-order valence-corrected chi connectivity index (χ4v) is 2.30. The lowest BCUT2D eigenvalue weighted by atomic mass is 10.2. The average molecular weight is 291 g/mol. The SMILES string of the molecule is CNc1nc(-c2ccc(F)c(F)c2)nc(N2CCCC2)n1. The molecule has 7 heteroatoms. The van der Waals surface area contributed by atoms with Crippen molar-refractivity contribution in [2.45, 2.75) is 12.8 Å². The predicted molar refractivity (Wildman–Crippen MR) is 76.2 cm³/mol. The van der Waals surface area contributed by atoms with Gasteiger partial charge in [-0.25, -0.2) is 8.78 Å². The van der Waals surface area contributed by atoms with E-state index in [4.69, 9.17) is 0 Å². The maximum atomic E-state index is 13.4. The van der Waals surface area contributed by atoms with E-state index in [1.54, 1.807) is 7.05 Å². The molecule has 21 heavy (non-hydrogen) atoms. The maximum absolute atomic E-state index is 13.4. The molecule has 0 aliphatic carbocycles. The first-order chi connectivity index (χ1) is 10.2. The Hall–Kier alpha value is -2.31. The van der Waals surface area contributed by atoms with Crippen molar-refractivity contribution in [2.24, 2.45) is 0 Å². The van der Waals surface area contributed by atoms with Crippen molar-refractivity contribution in [3.05, 3.63) is 29.8 Å². The standard InChI is InChI=1S/C14H15F2N5/c1-17-13-18-12(9-4-5-10(15)11(16)8-9)19-14(20-13)21-6-2-3-7-21/h4-5,8H,2-3,6-7H2,1H3,(H,17,18,19,20). The van der Waals surface area contributed by atoms with Crippen LogP contribution in [0.5, 0.6) is 0 Å². The molecule has 1 N–H and O–H groups in total. The second-order valence-electron chi connectivity index (χ2n) is 4.86. The topological polar surface area (TPSA) is 53.9 Å². The van der Waals surface area contributed by atoms with Crippen LogP contribution in [0, 0.1) is 11.6 Å². The second-order valence-corrected chi connectivity index (χ2v) is 4.86. The van der Waals surface area contributed by atoms with E-state index >= 15 is 0 Å². The number of anilines is 2. The molecule has 1 aliphatic heterocycles. The van der Waals surface area contributed by atoms with Crippen molar-refractivity contribution in [3.8, 4) is 11.4 Å². The van der Waals surface area contributed by atoms with Gasteiger partial charge in [-0.1, -0.05) is 0 Å². The Morgan fingerprint density at radius 1 is 1.05 bits per heavy atom. The van der Waals surface area contributed by atoms with Crippen molar-refractivity contribution < 1.29 is 8.78 Å². The van der Waals surface area contributed by atoms with E-state index in [0.717, 1.165) is 38.1 Å². The minimum atomic E-state index is -0.915. The Balaban J connectivity index is 2.04. The van der Waals surface area contributed by atoms with Gasteiger partial charge in [0.1, 0.15) is 0 Å². The quantitative estimate of drug-likeness (QED) is 0.941. The van der Waals surface area contributed by atoms with E-state index in [-0.39, 0.29) is 0 Å². The molecule has 1 aromatic heterocycles. The zero-order valence-electron chi connectivity index (χ0n) is 11.6. The summed E-state index contributed by atoms with van der Waals surface area (Å²) in [7, 11) is 1.71. The van der Waals surface area contributed by atoms with Gasteiger partial charge in [0.2, 0.25) is 11.9 Å². The van der Waals surface area contributed by atoms with E-state index in [1.807, 2.05) is 0 Å². The number of hydrogen-bond acceptors (Lipinski definition) is 5. The van der Waals surface area contributed by atoms with Crippen LogP contribution >= 0.6 is 0 Å². The zero-order chi connectivity index (χ0) is 14.8. The summed E-state index contributed by atoms with van der Waals surface area (Å²) in [5, 5.41) is 2.87. The molecule has 0 saturated carbocycles. The Morgan fingerprint density at radius 3 is 2.48 bits per heavy atom. The first-order valence-corrected chi connectivity index (χ1v) is 6.81. The molecule has 0 radical (unpaired) electrons. The molecule has 1 aromatic carbocycles. The third-order valence-corrected chi connectivity index (χ3v) is 3.41. The lowest BCUT2D eigenvalue weighted by Crippen LogP contribution is -2.21. The maximum Gasteiger partial charge on any atom is 0.230 e. The number of hydrogen-bond donors (Lipinski definition) is 1. The Labute approximate surface area is 121 Å². The molecule has 0 bridgehead atoms. The highest BCUT2D eigenvalue weighted by Crippen LogP contribution is 2.23. The van der Waals surface area contributed by atoms with Crippen LogP contribution in [-0.2, 0) is 0 Å². The third-order valence-electron chi connectivity index (χ3n) is 3.41. The van der Waals surface area contributed by atoms with E-state index in [2.05, 4.69) is 25.2 Å². The molecule has 1 saturated heterocycles. The Bertz CT molecular complexity index is 656. The molecule has 1 fully saturated rings. The minimum absolute atomic E-state index is 0.329. The van der Waals surface area contributed by atoms with Gasteiger partial charge in [-0.05, 0) is 31.0 Å². The van der Waals surface area contributed by atoms with Crippen LogP contribution in [0.1, 0.15) is 12.8 Å². The Kier molecular flexibility index (Phi) is 3.64. The first-order valence-electron chi connectivity index (χ1n) is 6.81. The van der Waals surface area contributed by atoms with E-state index in [0.29, 0.717) is 23.3 Å². The van der Waals surface area contributed by atoms with Crippen molar-refractivity contribution in [2.75, 3.05) is 30.4 Å². The van der Waals surface area contributed by atoms with Crippen LogP contribution in [0.15, 0.2) is 18.2 Å². The molecule has 5 nitrogen and oxygen atoms in total. The van der Waals surface area contributed by atoms with E-state index < -0.39 is 11.6 Å².